The van der Waals surface area contributed by atoms with Gasteiger partial charge in [-0.2, -0.15) is 0 Å². The van der Waals surface area contributed by atoms with Crippen molar-refractivity contribution in [2.45, 2.75) is 39.8 Å². The molecule has 0 bridgehead atoms. The molecule has 1 aliphatic rings. The number of ether oxygens (including phenoxy) is 1. The number of aromatic nitrogens is 1. The van der Waals surface area contributed by atoms with Crippen LogP contribution in [0.15, 0.2) is 60.8 Å². The molecule has 3 aromatic rings. The van der Waals surface area contributed by atoms with Crippen molar-refractivity contribution in [1.29, 1.82) is 0 Å². The Labute approximate surface area is 201 Å². The van der Waals surface area contributed by atoms with Crippen molar-refractivity contribution in [2.24, 2.45) is 0 Å². The van der Waals surface area contributed by atoms with Gasteiger partial charge in [0, 0.05) is 44.5 Å². The highest BCUT2D eigenvalue weighted by Gasteiger charge is 2.30. The number of piperazine rings is 1. The van der Waals surface area contributed by atoms with Crippen LogP contribution < -0.4 is 9.64 Å². The number of aryl methyl sites for hydroxylation is 2. The minimum atomic E-state index is -1.26. The van der Waals surface area contributed by atoms with E-state index in [-0.39, 0.29) is 0 Å². The van der Waals surface area contributed by atoms with Gasteiger partial charge in [-0.1, -0.05) is 42.5 Å². The highest BCUT2D eigenvalue weighted by molar-refractivity contribution is 5.77. The molecule has 0 saturated carbocycles. The van der Waals surface area contributed by atoms with E-state index in [2.05, 4.69) is 46.2 Å². The van der Waals surface area contributed by atoms with E-state index in [1.807, 2.05) is 38.2 Å². The summed E-state index contributed by atoms with van der Waals surface area (Å²) in [5, 5.41) is 9.38. The van der Waals surface area contributed by atoms with Crippen molar-refractivity contribution in [2.75, 3.05) is 31.1 Å². The lowest BCUT2D eigenvalue weighted by Gasteiger charge is -2.35. The fraction of sp³-hybridized carbons (Fsp3) is 0.357. The number of carboxylic acid groups (broad SMARTS) is 1. The van der Waals surface area contributed by atoms with Crippen LogP contribution in [0.5, 0.6) is 5.75 Å². The molecule has 6 heteroatoms. The first-order valence-electron chi connectivity index (χ1n) is 11.7. The lowest BCUT2D eigenvalue weighted by atomic mass is 10.0. The van der Waals surface area contributed by atoms with Gasteiger partial charge in [0.05, 0.1) is 0 Å². The zero-order valence-electron chi connectivity index (χ0n) is 20.4. The summed E-state index contributed by atoms with van der Waals surface area (Å²) in [6, 6.07) is 18.8. The molecule has 0 aliphatic carbocycles. The molecule has 0 unspecified atom stereocenters. The average molecular weight is 460 g/mol. The number of aliphatic carboxylic acids is 1. The molecule has 1 fully saturated rings. The number of nitrogens with zero attached hydrogens (tertiary/aromatic N) is 3. The summed E-state index contributed by atoms with van der Waals surface area (Å²) in [6.45, 7) is 11.8. The van der Waals surface area contributed by atoms with Crippen LogP contribution in [-0.2, 0) is 11.3 Å². The lowest BCUT2D eigenvalue weighted by molar-refractivity contribution is -0.152. The lowest BCUT2D eigenvalue weighted by Crippen LogP contribution is -2.46. The van der Waals surface area contributed by atoms with Crippen LogP contribution in [0.3, 0.4) is 0 Å². The maximum Gasteiger partial charge on any atom is 0.347 e. The Morgan fingerprint density at radius 1 is 0.971 bits per heavy atom. The summed E-state index contributed by atoms with van der Waals surface area (Å²) in [5.74, 6) is 0.706. The summed E-state index contributed by atoms with van der Waals surface area (Å²) in [7, 11) is 0. The van der Waals surface area contributed by atoms with Crippen LogP contribution in [0.2, 0.25) is 0 Å². The van der Waals surface area contributed by atoms with Crippen LogP contribution in [-0.4, -0.2) is 52.7 Å². The first-order chi connectivity index (χ1) is 16.2. The normalized spacial score (nSPS) is 14.8. The monoisotopic (exact) mass is 459 g/mol. The number of hydrogen-bond acceptors (Lipinski definition) is 5. The third-order valence-electron chi connectivity index (χ3n) is 6.35. The van der Waals surface area contributed by atoms with Crippen LogP contribution in [0.1, 0.15) is 30.5 Å². The van der Waals surface area contributed by atoms with E-state index in [1.54, 1.807) is 13.8 Å². The Kier molecular flexibility index (Phi) is 6.89. The number of carbonyl (C=O) groups is 1. The first kappa shape index (κ1) is 23.8. The minimum absolute atomic E-state index is 0.658. The van der Waals surface area contributed by atoms with Gasteiger partial charge in [-0.05, 0) is 62.1 Å². The van der Waals surface area contributed by atoms with E-state index in [4.69, 9.17) is 9.72 Å². The predicted octanol–water partition coefficient (Wildman–Crippen LogP) is 4.93. The van der Waals surface area contributed by atoms with E-state index in [1.165, 1.54) is 11.1 Å². The van der Waals surface area contributed by atoms with Crippen molar-refractivity contribution >= 4 is 11.8 Å². The highest BCUT2D eigenvalue weighted by atomic mass is 16.5. The minimum Gasteiger partial charge on any atom is -0.478 e. The Morgan fingerprint density at radius 2 is 1.62 bits per heavy atom. The highest BCUT2D eigenvalue weighted by Crippen LogP contribution is 2.29. The predicted molar refractivity (Wildman–Crippen MR) is 135 cm³/mol. The molecule has 1 saturated heterocycles. The number of anilines is 1. The molecule has 178 valence electrons. The Morgan fingerprint density at radius 3 is 2.18 bits per heavy atom. The number of pyridine rings is 1. The second-order valence-corrected chi connectivity index (χ2v) is 9.51. The number of benzene rings is 2. The summed E-state index contributed by atoms with van der Waals surface area (Å²) in [5.41, 5.74) is 4.19. The van der Waals surface area contributed by atoms with Crippen molar-refractivity contribution in [3.8, 4) is 16.9 Å². The molecule has 2 heterocycles. The summed E-state index contributed by atoms with van der Waals surface area (Å²) in [4.78, 5) is 21.0. The van der Waals surface area contributed by atoms with E-state index in [0.29, 0.717) is 5.75 Å². The maximum atomic E-state index is 11.4. The molecule has 6 nitrogen and oxygen atoms in total. The van der Waals surface area contributed by atoms with Gasteiger partial charge in [0.25, 0.3) is 0 Å². The van der Waals surface area contributed by atoms with Gasteiger partial charge in [-0.15, -0.1) is 0 Å². The molecule has 0 spiro atoms. The Hall–Kier alpha value is -3.38. The van der Waals surface area contributed by atoms with Crippen molar-refractivity contribution in [1.82, 2.24) is 9.88 Å². The number of hydrogen-bond donors (Lipinski definition) is 1. The second-order valence-electron chi connectivity index (χ2n) is 9.51. The quantitative estimate of drug-likeness (QED) is 0.540. The zero-order chi connectivity index (χ0) is 24.3. The summed E-state index contributed by atoms with van der Waals surface area (Å²) >= 11 is 0. The molecule has 0 atom stereocenters. The smallest absolute Gasteiger partial charge is 0.347 e. The van der Waals surface area contributed by atoms with Crippen LogP contribution in [0.25, 0.3) is 11.1 Å². The zero-order valence-corrected chi connectivity index (χ0v) is 20.4. The molecule has 0 radical (unpaired) electrons. The molecule has 34 heavy (non-hydrogen) atoms. The van der Waals surface area contributed by atoms with Gasteiger partial charge in [0.15, 0.2) is 5.60 Å². The van der Waals surface area contributed by atoms with Crippen LogP contribution in [0.4, 0.5) is 5.82 Å². The van der Waals surface area contributed by atoms with E-state index >= 15 is 0 Å². The maximum absolute atomic E-state index is 11.4. The summed E-state index contributed by atoms with van der Waals surface area (Å²) < 4.78 is 5.84. The van der Waals surface area contributed by atoms with E-state index < -0.39 is 11.6 Å². The molecule has 1 aliphatic heterocycles. The second kappa shape index (κ2) is 9.85. The van der Waals surface area contributed by atoms with Crippen LogP contribution in [0, 0.1) is 13.8 Å². The number of rotatable bonds is 7. The van der Waals surface area contributed by atoms with Gasteiger partial charge in [-0.25, -0.2) is 9.78 Å². The third kappa shape index (κ3) is 5.39. The van der Waals surface area contributed by atoms with Gasteiger partial charge in [0.1, 0.15) is 11.6 Å². The molecule has 2 aromatic carbocycles. The summed E-state index contributed by atoms with van der Waals surface area (Å²) in [6.07, 6.45) is 1.96. The largest absolute Gasteiger partial charge is 0.478 e. The van der Waals surface area contributed by atoms with Crippen molar-refractivity contribution < 1.29 is 14.6 Å². The molecule has 4 rings (SSSR count). The first-order valence-corrected chi connectivity index (χ1v) is 11.7. The van der Waals surface area contributed by atoms with Gasteiger partial charge in [-0.3, -0.25) is 4.90 Å². The molecular formula is C28H33N3O3. The number of carboxylic acids is 1. The van der Waals surface area contributed by atoms with Crippen molar-refractivity contribution in [3.63, 3.8) is 0 Å². The fourth-order valence-corrected chi connectivity index (χ4v) is 4.36. The topological polar surface area (TPSA) is 65.9 Å². The van der Waals surface area contributed by atoms with E-state index in [9.17, 15) is 9.90 Å². The molecular weight excluding hydrogens is 426 g/mol. The van der Waals surface area contributed by atoms with Crippen LogP contribution >= 0.6 is 0 Å². The van der Waals surface area contributed by atoms with Crippen molar-refractivity contribution in [3.05, 3.63) is 77.5 Å². The molecule has 0 amide bonds. The third-order valence-corrected chi connectivity index (χ3v) is 6.35. The Balaban J connectivity index is 1.35. The van der Waals surface area contributed by atoms with Gasteiger partial charge >= 0.3 is 5.97 Å². The SMILES string of the molecule is Cc1cc(CN2CCN(c3ccc(-c4ccccc4)cn3)CC2)cc(C)c1OC(C)(C)C(=O)O. The fourth-order valence-electron chi connectivity index (χ4n) is 4.36. The van der Waals surface area contributed by atoms with Gasteiger partial charge in [0.2, 0.25) is 0 Å². The molecule has 1 aromatic heterocycles. The van der Waals surface area contributed by atoms with Gasteiger partial charge < -0.3 is 14.7 Å². The molecule has 1 N–H and O–H groups in total. The standard InChI is InChI=1S/C28H33N3O3/c1-20-16-22(17-21(2)26(20)34-28(3,4)27(32)33)19-30-12-14-31(15-13-30)25-11-10-24(18-29-25)23-8-6-5-7-9-23/h5-11,16-18H,12-15,19H2,1-4H3,(H,32,33). The average Bonchev–Trinajstić information content (AvgIpc) is 2.83. The van der Waals surface area contributed by atoms with E-state index in [0.717, 1.165) is 55.2 Å². The Bertz CT molecular complexity index is 1110.